The number of carbonyl (C=O) groups is 1. The fourth-order valence-corrected chi connectivity index (χ4v) is 5.10. The molecule has 0 bridgehead atoms. The zero-order chi connectivity index (χ0) is 19.8. The van der Waals surface area contributed by atoms with E-state index in [-0.39, 0.29) is 11.9 Å². The van der Waals surface area contributed by atoms with Gasteiger partial charge in [-0.15, -0.1) is 0 Å². The molecule has 29 heavy (non-hydrogen) atoms. The lowest BCUT2D eigenvalue weighted by Gasteiger charge is -2.30. The number of likely N-dealkylation sites (tertiary alicyclic amines) is 1. The maximum atomic E-state index is 13.5. The van der Waals surface area contributed by atoms with Crippen LogP contribution in [0.2, 0.25) is 0 Å². The summed E-state index contributed by atoms with van der Waals surface area (Å²) < 4.78 is 5.41. The van der Waals surface area contributed by atoms with Crippen molar-refractivity contribution < 1.29 is 9.53 Å². The Balaban J connectivity index is 1.41. The SMILES string of the molecule is Cc1ccccc1[C@@H]1[C@H]2CNC[C@H]2CN1C(=O)c1ccc(N2CCOCC2)nc1. The zero-order valence-corrected chi connectivity index (χ0v) is 16.9. The molecule has 5 rings (SSSR count). The Kier molecular flexibility index (Phi) is 4.97. The van der Waals surface area contributed by atoms with Crippen LogP contribution in [0.1, 0.15) is 27.5 Å². The molecule has 0 aliphatic carbocycles. The molecule has 0 saturated carbocycles. The maximum absolute atomic E-state index is 13.5. The second kappa shape index (κ2) is 7.76. The van der Waals surface area contributed by atoms with Crippen LogP contribution in [0.25, 0.3) is 0 Å². The number of aryl methyl sites for hydroxylation is 1. The number of ether oxygens (including phenoxy) is 1. The van der Waals surface area contributed by atoms with Gasteiger partial charge in [-0.2, -0.15) is 0 Å². The first-order chi connectivity index (χ1) is 14.2. The van der Waals surface area contributed by atoms with E-state index in [2.05, 4.69) is 51.3 Å². The number of carbonyl (C=O) groups excluding carboxylic acids is 1. The average Bonchev–Trinajstić information content (AvgIpc) is 3.36. The standard InChI is InChI=1S/C23H28N4O2/c1-16-4-2-3-5-19(16)22-20-14-24-12-18(20)15-27(22)23(28)17-6-7-21(25-13-17)26-8-10-29-11-9-26/h2-7,13,18,20,22,24H,8-12,14-15H2,1H3/t18-,20-,22+/m0/s1. The van der Waals surface area contributed by atoms with Crippen LogP contribution in [0.5, 0.6) is 0 Å². The highest BCUT2D eigenvalue weighted by molar-refractivity contribution is 5.94. The molecule has 152 valence electrons. The first kappa shape index (κ1) is 18.6. The number of nitrogens with zero attached hydrogens (tertiary/aromatic N) is 3. The molecule has 1 amide bonds. The van der Waals surface area contributed by atoms with E-state index in [1.165, 1.54) is 11.1 Å². The van der Waals surface area contributed by atoms with Gasteiger partial charge < -0.3 is 19.9 Å². The predicted molar refractivity (Wildman–Crippen MR) is 112 cm³/mol. The lowest BCUT2D eigenvalue weighted by Crippen LogP contribution is -2.37. The largest absolute Gasteiger partial charge is 0.378 e. The monoisotopic (exact) mass is 392 g/mol. The average molecular weight is 393 g/mol. The summed E-state index contributed by atoms with van der Waals surface area (Å²) in [5.41, 5.74) is 3.20. The molecule has 3 saturated heterocycles. The number of hydrogen-bond donors (Lipinski definition) is 1. The number of amides is 1. The van der Waals surface area contributed by atoms with E-state index in [4.69, 9.17) is 4.74 Å². The maximum Gasteiger partial charge on any atom is 0.255 e. The molecule has 4 heterocycles. The van der Waals surface area contributed by atoms with E-state index in [1.807, 2.05) is 12.1 Å². The summed E-state index contributed by atoms with van der Waals surface area (Å²) in [6.07, 6.45) is 1.74. The van der Waals surface area contributed by atoms with Crippen molar-refractivity contribution in [2.24, 2.45) is 11.8 Å². The molecule has 3 atom stereocenters. The Morgan fingerprint density at radius 3 is 2.72 bits per heavy atom. The van der Waals surface area contributed by atoms with Crippen molar-refractivity contribution in [1.29, 1.82) is 0 Å². The molecule has 0 spiro atoms. The lowest BCUT2D eigenvalue weighted by atomic mass is 9.87. The molecule has 1 aromatic carbocycles. The highest BCUT2D eigenvalue weighted by Crippen LogP contribution is 2.44. The molecule has 6 nitrogen and oxygen atoms in total. The second-order valence-electron chi connectivity index (χ2n) is 8.35. The van der Waals surface area contributed by atoms with Gasteiger partial charge >= 0.3 is 0 Å². The number of nitrogens with one attached hydrogen (secondary N) is 1. The topological polar surface area (TPSA) is 57.7 Å². The van der Waals surface area contributed by atoms with Crippen molar-refractivity contribution in [3.8, 4) is 0 Å². The smallest absolute Gasteiger partial charge is 0.255 e. The molecule has 1 N–H and O–H groups in total. The minimum atomic E-state index is 0.0914. The van der Waals surface area contributed by atoms with E-state index in [0.29, 0.717) is 17.4 Å². The highest BCUT2D eigenvalue weighted by atomic mass is 16.5. The molecule has 3 aliphatic heterocycles. The summed E-state index contributed by atoms with van der Waals surface area (Å²) in [5, 5.41) is 3.52. The molecule has 3 aliphatic rings. The van der Waals surface area contributed by atoms with Crippen LogP contribution < -0.4 is 10.2 Å². The second-order valence-corrected chi connectivity index (χ2v) is 8.35. The molecule has 0 unspecified atom stereocenters. The van der Waals surface area contributed by atoms with E-state index in [9.17, 15) is 4.79 Å². The Morgan fingerprint density at radius 1 is 1.14 bits per heavy atom. The zero-order valence-electron chi connectivity index (χ0n) is 16.9. The summed E-state index contributed by atoms with van der Waals surface area (Å²) in [7, 11) is 0. The van der Waals surface area contributed by atoms with Crippen LogP contribution in [-0.4, -0.2) is 61.7 Å². The van der Waals surface area contributed by atoms with Crippen LogP contribution >= 0.6 is 0 Å². The van der Waals surface area contributed by atoms with Gasteiger partial charge in [-0.3, -0.25) is 4.79 Å². The minimum absolute atomic E-state index is 0.0914. The Morgan fingerprint density at radius 2 is 1.97 bits per heavy atom. The van der Waals surface area contributed by atoms with Crippen LogP contribution in [-0.2, 0) is 4.74 Å². The summed E-state index contributed by atoms with van der Waals surface area (Å²) in [6.45, 7) is 8.06. The van der Waals surface area contributed by atoms with Crippen LogP contribution in [0, 0.1) is 18.8 Å². The molecule has 6 heteroatoms. The van der Waals surface area contributed by atoms with Gasteiger partial charge in [-0.25, -0.2) is 4.98 Å². The first-order valence-corrected chi connectivity index (χ1v) is 10.6. The first-order valence-electron chi connectivity index (χ1n) is 10.6. The Labute approximate surface area is 171 Å². The number of pyridine rings is 1. The highest BCUT2D eigenvalue weighted by Gasteiger charge is 2.47. The van der Waals surface area contributed by atoms with Crippen molar-refractivity contribution in [3.63, 3.8) is 0 Å². The Bertz CT molecular complexity index is 879. The van der Waals surface area contributed by atoms with Crippen molar-refractivity contribution >= 4 is 11.7 Å². The van der Waals surface area contributed by atoms with E-state index >= 15 is 0 Å². The number of rotatable bonds is 3. The van der Waals surface area contributed by atoms with E-state index < -0.39 is 0 Å². The summed E-state index contributed by atoms with van der Waals surface area (Å²) in [6, 6.07) is 12.5. The van der Waals surface area contributed by atoms with Gasteiger partial charge in [-0.1, -0.05) is 24.3 Å². The number of morpholine rings is 1. The molecular formula is C23H28N4O2. The lowest BCUT2D eigenvalue weighted by molar-refractivity contribution is 0.0713. The number of benzene rings is 1. The van der Waals surface area contributed by atoms with Crippen molar-refractivity contribution in [2.75, 3.05) is 50.8 Å². The van der Waals surface area contributed by atoms with Crippen molar-refractivity contribution in [1.82, 2.24) is 15.2 Å². The van der Waals surface area contributed by atoms with Crippen LogP contribution in [0.15, 0.2) is 42.6 Å². The van der Waals surface area contributed by atoms with Crippen molar-refractivity contribution in [2.45, 2.75) is 13.0 Å². The molecular weight excluding hydrogens is 364 g/mol. The Hall–Kier alpha value is -2.44. The number of aromatic nitrogens is 1. The van der Waals surface area contributed by atoms with Crippen LogP contribution in [0.3, 0.4) is 0 Å². The summed E-state index contributed by atoms with van der Waals surface area (Å²) >= 11 is 0. The van der Waals surface area contributed by atoms with Gasteiger partial charge in [-0.05, 0) is 36.1 Å². The summed E-state index contributed by atoms with van der Waals surface area (Å²) in [5.74, 6) is 2.00. The quantitative estimate of drug-likeness (QED) is 0.868. The van der Waals surface area contributed by atoms with Gasteiger partial charge in [0, 0.05) is 44.8 Å². The van der Waals surface area contributed by atoms with Gasteiger partial charge in [0.15, 0.2) is 0 Å². The molecule has 0 radical (unpaired) electrons. The molecule has 3 fully saturated rings. The van der Waals surface area contributed by atoms with E-state index in [0.717, 1.165) is 51.8 Å². The third kappa shape index (κ3) is 3.40. The number of anilines is 1. The van der Waals surface area contributed by atoms with E-state index in [1.54, 1.807) is 6.20 Å². The fraction of sp³-hybridized carbons (Fsp3) is 0.478. The molecule has 2 aromatic rings. The van der Waals surface area contributed by atoms with Gasteiger partial charge in [0.25, 0.3) is 5.91 Å². The third-order valence-corrected chi connectivity index (χ3v) is 6.66. The number of fused-ring (bicyclic) bond motifs is 1. The molecule has 1 aromatic heterocycles. The minimum Gasteiger partial charge on any atom is -0.378 e. The normalized spacial score (nSPS) is 26.6. The predicted octanol–water partition coefficient (Wildman–Crippen LogP) is 2.26. The van der Waals surface area contributed by atoms with Gasteiger partial charge in [0.1, 0.15) is 5.82 Å². The van der Waals surface area contributed by atoms with Gasteiger partial charge in [0.2, 0.25) is 0 Å². The third-order valence-electron chi connectivity index (χ3n) is 6.66. The van der Waals surface area contributed by atoms with Crippen LogP contribution in [0.4, 0.5) is 5.82 Å². The number of hydrogen-bond acceptors (Lipinski definition) is 5. The van der Waals surface area contributed by atoms with Crippen molar-refractivity contribution in [3.05, 3.63) is 59.3 Å². The summed E-state index contributed by atoms with van der Waals surface area (Å²) in [4.78, 5) is 22.4. The fourth-order valence-electron chi connectivity index (χ4n) is 5.10. The van der Waals surface area contributed by atoms with Gasteiger partial charge in [0.05, 0.1) is 24.8 Å².